The molecule has 0 aliphatic heterocycles. The molecule has 3 saturated carbocycles. The van der Waals surface area contributed by atoms with Gasteiger partial charge in [0.05, 0.1) is 0 Å². The molecule has 3 fully saturated rings. The molecule has 0 bridgehead atoms. The maximum absolute atomic E-state index is 2.75. The lowest BCUT2D eigenvalue weighted by atomic mass is 9.87. The van der Waals surface area contributed by atoms with Crippen molar-refractivity contribution in [3.05, 3.63) is 90.5 Å². The summed E-state index contributed by atoms with van der Waals surface area (Å²) in [5, 5.41) is 4.59. The first-order valence-electron chi connectivity index (χ1n) is 16.1. The molecule has 6 rings (SSSR count). The van der Waals surface area contributed by atoms with Gasteiger partial charge in [-0.15, -0.1) is 0 Å². The minimum Gasteiger partial charge on any atom is -0.0971 e. The summed E-state index contributed by atoms with van der Waals surface area (Å²) in [5.74, 6) is 1.59. The molecular weight excluding hydrogens is 506 g/mol. The monoisotopic (exact) mass is 554 g/mol. The third-order valence-corrected chi connectivity index (χ3v) is 16.8. The molecule has 2 heteroatoms. The van der Waals surface area contributed by atoms with Crippen LogP contribution < -0.4 is 15.9 Å². The molecule has 39 heavy (non-hydrogen) atoms. The van der Waals surface area contributed by atoms with Crippen LogP contribution in [-0.2, 0) is 0 Å². The van der Waals surface area contributed by atoms with Crippen LogP contribution >= 0.6 is 15.8 Å². The number of rotatable bonds is 8. The van der Waals surface area contributed by atoms with Crippen molar-refractivity contribution in [1.29, 1.82) is 0 Å². The van der Waals surface area contributed by atoms with Crippen LogP contribution in [0, 0.1) is 5.92 Å². The Balaban J connectivity index is 1.36. The maximum atomic E-state index is 2.75. The van der Waals surface area contributed by atoms with Gasteiger partial charge in [-0.1, -0.05) is 145 Å². The molecule has 3 aliphatic carbocycles. The van der Waals surface area contributed by atoms with E-state index in [4.69, 9.17) is 0 Å². The Labute approximate surface area is 240 Å². The summed E-state index contributed by atoms with van der Waals surface area (Å²) in [6.45, 7) is 2.75. The van der Waals surface area contributed by atoms with Crippen molar-refractivity contribution in [3.8, 4) is 0 Å². The van der Waals surface area contributed by atoms with E-state index in [2.05, 4.69) is 91.9 Å². The van der Waals surface area contributed by atoms with E-state index >= 15 is 0 Å². The highest BCUT2D eigenvalue weighted by Gasteiger charge is 2.42. The minimum absolute atomic E-state index is 0.106. The van der Waals surface area contributed by atoms with E-state index in [1.54, 1.807) is 10.9 Å². The van der Waals surface area contributed by atoms with E-state index in [0.717, 1.165) is 28.8 Å². The van der Waals surface area contributed by atoms with Gasteiger partial charge in [0.15, 0.2) is 0 Å². The topological polar surface area (TPSA) is 0 Å². The molecule has 3 aromatic carbocycles. The molecule has 0 radical (unpaired) electrons. The lowest BCUT2D eigenvalue weighted by Crippen LogP contribution is -2.32. The molecule has 3 aromatic rings. The Morgan fingerprint density at radius 1 is 0.538 bits per heavy atom. The van der Waals surface area contributed by atoms with E-state index < -0.39 is 7.92 Å². The first-order chi connectivity index (χ1) is 19.3. The van der Waals surface area contributed by atoms with Crippen molar-refractivity contribution in [2.24, 2.45) is 5.92 Å². The smallest absolute Gasteiger partial charge is 0.0116 e. The van der Waals surface area contributed by atoms with Crippen molar-refractivity contribution >= 4 is 31.8 Å². The van der Waals surface area contributed by atoms with Crippen molar-refractivity contribution in [3.63, 3.8) is 0 Å². The summed E-state index contributed by atoms with van der Waals surface area (Å²) in [5.41, 5.74) is 4.70. The van der Waals surface area contributed by atoms with Gasteiger partial charge >= 0.3 is 0 Å². The standard InChI is InChI=1S/C37H48P2/c1-29(38(30-17-6-2-7-18-30)31-19-8-3-9-20-31)34-26-16-27-35(34)36-25-14-15-28-37(36)39(32-21-10-4-11-22-32)33-23-12-5-13-24-33/h4-5,10-15,21-25,28-31,34-35H,2-3,6-9,16-20,26-27H2,1H3/t29-,34?,35?/m1/s1. The van der Waals surface area contributed by atoms with Gasteiger partial charge in [0.1, 0.15) is 0 Å². The normalized spacial score (nSPS) is 23.9. The molecular formula is C37H48P2. The van der Waals surface area contributed by atoms with Gasteiger partial charge in [-0.2, -0.15) is 0 Å². The molecule has 206 valence electrons. The van der Waals surface area contributed by atoms with Crippen molar-refractivity contribution in [1.82, 2.24) is 0 Å². The van der Waals surface area contributed by atoms with Crippen LogP contribution in [0.2, 0.25) is 0 Å². The Bertz CT molecular complexity index is 1090. The molecule has 0 amide bonds. The predicted octanol–water partition coefficient (Wildman–Crippen LogP) is 9.86. The average Bonchev–Trinajstić information content (AvgIpc) is 3.50. The molecule has 0 spiro atoms. The van der Waals surface area contributed by atoms with Crippen LogP contribution in [-0.4, -0.2) is 17.0 Å². The number of hydrogen-bond acceptors (Lipinski definition) is 0. The van der Waals surface area contributed by atoms with Gasteiger partial charge in [-0.25, -0.2) is 0 Å². The van der Waals surface area contributed by atoms with Gasteiger partial charge in [0, 0.05) is 0 Å². The lowest BCUT2D eigenvalue weighted by Gasteiger charge is -2.45. The molecule has 0 heterocycles. The summed E-state index contributed by atoms with van der Waals surface area (Å²) in [6, 6.07) is 32.4. The van der Waals surface area contributed by atoms with Crippen LogP contribution in [0.1, 0.15) is 102 Å². The fourth-order valence-electron chi connectivity index (χ4n) is 8.48. The highest BCUT2D eigenvalue weighted by molar-refractivity contribution is 7.79. The van der Waals surface area contributed by atoms with E-state index in [1.165, 1.54) is 94.1 Å². The summed E-state index contributed by atoms with van der Waals surface area (Å²) in [6.07, 6.45) is 19.4. The average molecular weight is 555 g/mol. The highest BCUT2D eigenvalue weighted by Crippen LogP contribution is 2.63. The van der Waals surface area contributed by atoms with Crippen LogP contribution in [0.4, 0.5) is 0 Å². The van der Waals surface area contributed by atoms with E-state index in [-0.39, 0.29) is 7.92 Å². The molecule has 2 unspecified atom stereocenters. The molecule has 0 saturated heterocycles. The minimum atomic E-state index is -0.556. The molecule has 0 N–H and O–H groups in total. The second kappa shape index (κ2) is 13.5. The molecule has 3 atom stereocenters. The molecule has 0 nitrogen and oxygen atoms in total. The highest BCUT2D eigenvalue weighted by atomic mass is 31.1. The zero-order valence-electron chi connectivity index (χ0n) is 24.1. The third kappa shape index (κ3) is 6.24. The Hall–Kier alpha value is -1.48. The first-order valence-corrected chi connectivity index (χ1v) is 19.0. The van der Waals surface area contributed by atoms with E-state index in [9.17, 15) is 0 Å². The van der Waals surface area contributed by atoms with Gasteiger partial charge < -0.3 is 0 Å². The van der Waals surface area contributed by atoms with Crippen LogP contribution in [0.5, 0.6) is 0 Å². The lowest BCUT2D eigenvalue weighted by molar-refractivity contribution is 0.446. The summed E-state index contributed by atoms with van der Waals surface area (Å²) >= 11 is 0. The summed E-state index contributed by atoms with van der Waals surface area (Å²) in [4.78, 5) is 0. The zero-order valence-corrected chi connectivity index (χ0v) is 25.8. The Morgan fingerprint density at radius 3 is 1.62 bits per heavy atom. The van der Waals surface area contributed by atoms with Crippen LogP contribution in [0.3, 0.4) is 0 Å². The largest absolute Gasteiger partial charge is 0.0971 e. The van der Waals surface area contributed by atoms with Gasteiger partial charge in [0.2, 0.25) is 0 Å². The molecule has 0 aromatic heterocycles. The van der Waals surface area contributed by atoms with Crippen molar-refractivity contribution < 1.29 is 0 Å². The second-order valence-corrected chi connectivity index (χ2v) is 17.9. The Morgan fingerprint density at radius 2 is 1.05 bits per heavy atom. The van der Waals surface area contributed by atoms with Crippen LogP contribution in [0.15, 0.2) is 84.9 Å². The second-order valence-electron chi connectivity index (χ2n) is 12.5. The fourth-order valence-corrected chi connectivity index (χ4v) is 15.7. The summed E-state index contributed by atoms with van der Waals surface area (Å²) < 4.78 is 0. The van der Waals surface area contributed by atoms with Gasteiger partial charge in [-0.3, -0.25) is 0 Å². The van der Waals surface area contributed by atoms with Gasteiger partial charge in [-0.05, 0) is 96.7 Å². The SMILES string of the molecule is C[C@H](C1CCCC1c1ccccc1P(c1ccccc1)c1ccccc1)P(C1CCCCC1)C1CCCCC1. The first kappa shape index (κ1) is 27.7. The maximum Gasteiger partial charge on any atom is -0.0116 e. The third-order valence-electron chi connectivity index (χ3n) is 10.3. The van der Waals surface area contributed by atoms with Crippen LogP contribution in [0.25, 0.3) is 0 Å². The van der Waals surface area contributed by atoms with Crippen molar-refractivity contribution in [2.75, 3.05) is 0 Å². The number of hydrogen-bond donors (Lipinski definition) is 0. The quantitative estimate of drug-likeness (QED) is 0.243. The number of benzene rings is 3. The summed E-state index contributed by atoms with van der Waals surface area (Å²) in [7, 11) is -0.449. The van der Waals surface area contributed by atoms with Crippen molar-refractivity contribution in [2.45, 2.75) is 113 Å². The Kier molecular flexibility index (Phi) is 9.55. The predicted molar refractivity (Wildman–Crippen MR) is 175 cm³/mol. The zero-order chi connectivity index (χ0) is 26.4. The van der Waals surface area contributed by atoms with E-state index in [0.29, 0.717) is 0 Å². The van der Waals surface area contributed by atoms with Gasteiger partial charge in [0.25, 0.3) is 0 Å². The molecule has 3 aliphatic rings. The van der Waals surface area contributed by atoms with E-state index in [1.807, 2.05) is 0 Å². The fraction of sp³-hybridized carbons (Fsp3) is 0.514.